The number of aryl methyl sites for hydroxylation is 1. The summed E-state index contributed by atoms with van der Waals surface area (Å²) >= 11 is 0. The van der Waals surface area contributed by atoms with Crippen molar-refractivity contribution in [2.45, 2.75) is 52.1 Å². The lowest BCUT2D eigenvalue weighted by Gasteiger charge is -2.40. The molecule has 0 aliphatic carbocycles. The minimum atomic E-state index is -0.0996. The number of hydrogen-bond acceptors (Lipinski definition) is 2. The van der Waals surface area contributed by atoms with Crippen LogP contribution in [0.5, 0.6) is 0 Å². The maximum absolute atomic E-state index is 14.0. The highest BCUT2D eigenvalue weighted by Crippen LogP contribution is 2.28. The van der Waals surface area contributed by atoms with E-state index < -0.39 is 0 Å². The summed E-state index contributed by atoms with van der Waals surface area (Å²) < 4.78 is 14.0. The second-order valence-corrected chi connectivity index (χ2v) is 5.67. The summed E-state index contributed by atoms with van der Waals surface area (Å²) in [6, 6.07) is 6.35. The molecule has 1 heterocycles. The van der Waals surface area contributed by atoms with Gasteiger partial charge in [-0.15, -0.1) is 0 Å². The van der Waals surface area contributed by atoms with Crippen LogP contribution < -0.4 is 10.2 Å². The van der Waals surface area contributed by atoms with E-state index in [-0.39, 0.29) is 5.82 Å². The Morgan fingerprint density at radius 3 is 2.89 bits per heavy atom. The molecular formula is C16H25FN2. The third-order valence-corrected chi connectivity index (χ3v) is 3.97. The third kappa shape index (κ3) is 3.47. The SMILES string of the molecule is CCCNC1CCN(c2cc(C)ccc2F)C(C)C1. The Morgan fingerprint density at radius 2 is 2.21 bits per heavy atom. The van der Waals surface area contributed by atoms with E-state index in [2.05, 4.69) is 24.1 Å². The summed E-state index contributed by atoms with van der Waals surface area (Å²) in [5.74, 6) is -0.0996. The van der Waals surface area contributed by atoms with Crippen LogP contribution in [0, 0.1) is 12.7 Å². The smallest absolute Gasteiger partial charge is 0.146 e. The molecule has 2 nitrogen and oxygen atoms in total. The zero-order chi connectivity index (χ0) is 13.8. The molecule has 0 spiro atoms. The van der Waals surface area contributed by atoms with Crippen LogP contribution in [-0.2, 0) is 0 Å². The van der Waals surface area contributed by atoms with Crippen LogP contribution >= 0.6 is 0 Å². The highest BCUT2D eigenvalue weighted by molar-refractivity contribution is 5.51. The molecule has 2 atom stereocenters. The van der Waals surface area contributed by atoms with Gasteiger partial charge in [-0.05, 0) is 57.4 Å². The van der Waals surface area contributed by atoms with E-state index in [9.17, 15) is 4.39 Å². The van der Waals surface area contributed by atoms with Gasteiger partial charge in [-0.1, -0.05) is 13.0 Å². The number of rotatable bonds is 4. The number of anilines is 1. The minimum absolute atomic E-state index is 0.0996. The predicted molar refractivity (Wildman–Crippen MR) is 79.3 cm³/mol. The van der Waals surface area contributed by atoms with Gasteiger partial charge in [0.1, 0.15) is 5.82 Å². The molecule has 0 bridgehead atoms. The Hall–Kier alpha value is -1.09. The number of benzene rings is 1. The second-order valence-electron chi connectivity index (χ2n) is 5.67. The molecular weight excluding hydrogens is 239 g/mol. The van der Waals surface area contributed by atoms with E-state index in [0.717, 1.165) is 37.2 Å². The van der Waals surface area contributed by atoms with Crippen LogP contribution in [0.15, 0.2) is 18.2 Å². The summed E-state index contributed by atoms with van der Waals surface area (Å²) in [4.78, 5) is 2.21. The molecule has 2 unspecified atom stereocenters. The fraction of sp³-hybridized carbons (Fsp3) is 0.625. The fourth-order valence-electron chi connectivity index (χ4n) is 2.91. The van der Waals surface area contributed by atoms with Crippen molar-refractivity contribution in [3.05, 3.63) is 29.6 Å². The van der Waals surface area contributed by atoms with Gasteiger partial charge in [-0.25, -0.2) is 4.39 Å². The van der Waals surface area contributed by atoms with Gasteiger partial charge in [-0.3, -0.25) is 0 Å². The normalized spacial score (nSPS) is 23.7. The lowest BCUT2D eigenvalue weighted by Crippen LogP contribution is -2.48. The van der Waals surface area contributed by atoms with Gasteiger partial charge >= 0.3 is 0 Å². The van der Waals surface area contributed by atoms with Crippen LogP contribution in [0.3, 0.4) is 0 Å². The van der Waals surface area contributed by atoms with E-state index in [0.29, 0.717) is 12.1 Å². The highest BCUT2D eigenvalue weighted by atomic mass is 19.1. The Morgan fingerprint density at radius 1 is 1.42 bits per heavy atom. The Labute approximate surface area is 116 Å². The Kier molecular flexibility index (Phi) is 4.81. The molecule has 1 aromatic rings. The first-order valence-corrected chi connectivity index (χ1v) is 7.38. The van der Waals surface area contributed by atoms with Crippen molar-refractivity contribution in [2.75, 3.05) is 18.0 Å². The van der Waals surface area contributed by atoms with Gasteiger partial charge < -0.3 is 10.2 Å². The van der Waals surface area contributed by atoms with Gasteiger partial charge in [0.2, 0.25) is 0 Å². The van der Waals surface area contributed by atoms with E-state index in [1.165, 1.54) is 6.42 Å². The first-order chi connectivity index (χ1) is 9.11. The largest absolute Gasteiger partial charge is 0.366 e. The van der Waals surface area contributed by atoms with Crippen molar-refractivity contribution in [1.82, 2.24) is 5.32 Å². The average Bonchev–Trinajstić information content (AvgIpc) is 2.40. The third-order valence-electron chi connectivity index (χ3n) is 3.97. The first kappa shape index (κ1) is 14.3. The minimum Gasteiger partial charge on any atom is -0.366 e. The maximum atomic E-state index is 14.0. The number of hydrogen-bond donors (Lipinski definition) is 1. The van der Waals surface area contributed by atoms with Crippen molar-refractivity contribution in [3.8, 4) is 0 Å². The summed E-state index contributed by atoms with van der Waals surface area (Å²) in [6.45, 7) is 8.41. The van der Waals surface area contributed by atoms with Gasteiger partial charge in [0.25, 0.3) is 0 Å². The molecule has 1 fully saturated rings. The zero-order valence-electron chi connectivity index (χ0n) is 12.2. The lowest BCUT2D eigenvalue weighted by molar-refractivity contribution is 0.366. The molecule has 1 aliphatic rings. The monoisotopic (exact) mass is 264 g/mol. The zero-order valence-corrected chi connectivity index (χ0v) is 12.2. The van der Waals surface area contributed by atoms with E-state index >= 15 is 0 Å². The number of piperidine rings is 1. The van der Waals surface area contributed by atoms with Crippen molar-refractivity contribution in [2.24, 2.45) is 0 Å². The van der Waals surface area contributed by atoms with Crippen LogP contribution in [0.2, 0.25) is 0 Å². The van der Waals surface area contributed by atoms with Crippen LogP contribution in [0.1, 0.15) is 38.7 Å². The molecule has 1 aliphatic heterocycles. The Balaban J connectivity index is 2.05. The van der Waals surface area contributed by atoms with Gasteiger partial charge in [0, 0.05) is 18.6 Å². The number of nitrogens with one attached hydrogen (secondary N) is 1. The van der Waals surface area contributed by atoms with E-state index in [1.54, 1.807) is 6.07 Å². The van der Waals surface area contributed by atoms with Crippen LogP contribution in [0.25, 0.3) is 0 Å². The summed E-state index contributed by atoms with van der Waals surface area (Å²) in [5.41, 5.74) is 1.89. The highest BCUT2D eigenvalue weighted by Gasteiger charge is 2.26. The van der Waals surface area contributed by atoms with Crippen LogP contribution in [0.4, 0.5) is 10.1 Å². The molecule has 0 aromatic heterocycles. The summed E-state index contributed by atoms with van der Waals surface area (Å²) in [5, 5.41) is 3.58. The standard InChI is InChI=1S/C16H25FN2/c1-4-8-18-14-7-9-19(13(3)11-14)16-10-12(2)5-6-15(16)17/h5-6,10,13-14,18H,4,7-9,11H2,1-3H3. The van der Waals surface area contributed by atoms with Gasteiger partial charge in [-0.2, -0.15) is 0 Å². The van der Waals surface area contributed by atoms with Gasteiger partial charge in [0.05, 0.1) is 5.69 Å². The molecule has 1 aromatic carbocycles. The van der Waals surface area contributed by atoms with Crippen molar-refractivity contribution in [3.63, 3.8) is 0 Å². The topological polar surface area (TPSA) is 15.3 Å². The van der Waals surface area contributed by atoms with E-state index in [1.807, 2.05) is 19.1 Å². The van der Waals surface area contributed by atoms with Crippen molar-refractivity contribution in [1.29, 1.82) is 0 Å². The molecule has 0 saturated carbocycles. The quantitative estimate of drug-likeness (QED) is 0.895. The fourth-order valence-corrected chi connectivity index (χ4v) is 2.91. The van der Waals surface area contributed by atoms with Gasteiger partial charge in [0.15, 0.2) is 0 Å². The van der Waals surface area contributed by atoms with Crippen molar-refractivity contribution >= 4 is 5.69 Å². The molecule has 3 heteroatoms. The lowest BCUT2D eigenvalue weighted by atomic mass is 9.97. The predicted octanol–water partition coefficient (Wildman–Crippen LogP) is 3.49. The first-order valence-electron chi connectivity index (χ1n) is 7.38. The molecule has 0 radical (unpaired) electrons. The molecule has 1 saturated heterocycles. The summed E-state index contributed by atoms with van der Waals surface area (Å²) in [6.07, 6.45) is 3.35. The van der Waals surface area contributed by atoms with Crippen LogP contribution in [-0.4, -0.2) is 25.2 Å². The van der Waals surface area contributed by atoms with E-state index in [4.69, 9.17) is 0 Å². The van der Waals surface area contributed by atoms with Crippen molar-refractivity contribution < 1.29 is 4.39 Å². The summed E-state index contributed by atoms with van der Waals surface area (Å²) in [7, 11) is 0. The number of nitrogens with zero attached hydrogens (tertiary/aromatic N) is 1. The second kappa shape index (κ2) is 6.38. The average molecular weight is 264 g/mol. The molecule has 1 N–H and O–H groups in total. The molecule has 2 rings (SSSR count). The molecule has 0 amide bonds. The number of halogens is 1. The molecule has 19 heavy (non-hydrogen) atoms. The molecule has 106 valence electrons. The Bertz CT molecular complexity index is 419. The maximum Gasteiger partial charge on any atom is 0.146 e.